The highest BCUT2D eigenvalue weighted by molar-refractivity contribution is 7.18. The van der Waals surface area contributed by atoms with Crippen molar-refractivity contribution < 1.29 is 9.72 Å². The third-order valence-corrected chi connectivity index (χ3v) is 4.43. The van der Waals surface area contributed by atoms with E-state index in [-0.39, 0.29) is 14.9 Å². The molecule has 2 heterocycles. The van der Waals surface area contributed by atoms with Crippen molar-refractivity contribution in [3.05, 3.63) is 42.3 Å². The quantitative estimate of drug-likeness (QED) is 0.685. The Bertz CT molecular complexity index is 722. The molecular formula is C12H13ClN4O3S. The van der Waals surface area contributed by atoms with E-state index in [9.17, 15) is 14.9 Å². The summed E-state index contributed by atoms with van der Waals surface area (Å²) in [5.41, 5.74) is 7.60. The first-order valence-electron chi connectivity index (χ1n) is 6.10. The number of nitrogens with two attached hydrogens (primary N) is 1. The lowest BCUT2D eigenvalue weighted by atomic mass is 10.1. The van der Waals surface area contributed by atoms with E-state index in [2.05, 4.69) is 5.10 Å². The first-order valence-corrected chi connectivity index (χ1v) is 7.29. The van der Waals surface area contributed by atoms with Gasteiger partial charge in [0.05, 0.1) is 10.6 Å². The first-order chi connectivity index (χ1) is 9.86. The maximum Gasteiger partial charge on any atom is 0.299 e. The van der Waals surface area contributed by atoms with Gasteiger partial charge in [-0.1, -0.05) is 11.6 Å². The lowest BCUT2D eigenvalue weighted by molar-refractivity contribution is -0.384. The molecule has 0 unspecified atom stereocenters. The Morgan fingerprint density at radius 2 is 2.24 bits per heavy atom. The predicted molar refractivity (Wildman–Crippen MR) is 80.2 cm³/mol. The minimum absolute atomic E-state index is 0.0212. The summed E-state index contributed by atoms with van der Waals surface area (Å²) < 4.78 is 1.22. The lowest BCUT2D eigenvalue weighted by Gasteiger charge is -2.01. The smallest absolute Gasteiger partial charge is 0.299 e. The zero-order chi connectivity index (χ0) is 15.7. The Labute approximate surface area is 129 Å². The van der Waals surface area contributed by atoms with Crippen molar-refractivity contribution in [2.24, 2.45) is 5.73 Å². The summed E-state index contributed by atoms with van der Waals surface area (Å²) in [6, 6.07) is 1.17. The zero-order valence-corrected chi connectivity index (χ0v) is 13.0. The molecule has 0 aromatic carbocycles. The van der Waals surface area contributed by atoms with E-state index < -0.39 is 10.8 Å². The summed E-state index contributed by atoms with van der Waals surface area (Å²) >= 11 is 6.65. The largest absolute Gasteiger partial charge is 0.330 e. The van der Waals surface area contributed by atoms with Crippen LogP contribution in [0, 0.1) is 24.0 Å². The topological polar surface area (TPSA) is 104 Å². The minimum Gasteiger partial charge on any atom is -0.330 e. The van der Waals surface area contributed by atoms with E-state index in [1.165, 1.54) is 10.7 Å². The van der Waals surface area contributed by atoms with Crippen LogP contribution in [-0.2, 0) is 6.42 Å². The Hall–Kier alpha value is -1.77. The number of nitro groups is 1. The van der Waals surface area contributed by atoms with Crippen LogP contribution in [-0.4, -0.2) is 27.2 Å². The maximum absolute atomic E-state index is 12.4. The van der Waals surface area contributed by atoms with Gasteiger partial charge in [0.1, 0.15) is 4.88 Å². The van der Waals surface area contributed by atoms with Gasteiger partial charge in [0, 0.05) is 11.8 Å². The number of nitrogens with zero attached hydrogens (tertiary/aromatic N) is 3. The van der Waals surface area contributed by atoms with Crippen molar-refractivity contribution in [1.29, 1.82) is 0 Å². The SMILES string of the molecule is Cc1nn(C(=O)c2cc([N+](=O)[O-])c(Cl)s2)c(C)c1CCN. The third kappa shape index (κ3) is 2.82. The van der Waals surface area contributed by atoms with Gasteiger partial charge in [-0.05, 0) is 32.4 Å². The second-order valence-electron chi connectivity index (χ2n) is 4.43. The van der Waals surface area contributed by atoms with Crippen LogP contribution in [0.3, 0.4) is 0 Å². The summed E-state index contributed by atoms with van der Waals surface area (Å²) in [7, 11) is 0. The van der Waals surface area contributed by atoms with Gasteiger partial charge < -0.3 is 5.73 Å². The van der Waals surface area contributed by atoms with Crippen LogP contribution in [0.4, 0.5) is 5.69 Å². The molecule has 21 heavy (non-hydrogen) atoms. The van der Waals surface area contributed by atoms with Gasteiger partial charge in [0.2, 0.25) is 0 Å². The van der Waals surface area contributed by atoms with Crippen molar-refractivity contribution in [2.75, 3.05) is 6.54 Å². The van der Waals surface area contributed by atoms with E-state index in [1.807, 2.05) is 0 Å². The van der Waals surface area contributed by atoms with Crippen molar-refractivity contribution in [2.45, 2.75) is 20.3 Å². The Kier molecular flexibility index (Phi) is 4.40. The van der Waals surface area contributed by atoms with E-state index in [0.29, 0.717) is 18.7 Å². The third-order valence-electron chi connectivity index (χ3n) is 3.10. The second kappa shape index (κ2) is 5.92. The van der Waals surface area contributed by atoms with Gasteiger partial charge in [-0.15, -0.1) is 11.3 Å². The highest BCUT2D eigenvalue weighted by Crippen LogP contribution is 2.34. The van der Waals surface area contributed by atoms with Gasteiger partial charge in [-0.25, -0.2) is 0 Å². The summed E-state index contributed by atoms with van der Waals surface area (Å²) in [4.78, 5) is 22.8. The number of hydrogen-bond acceptors (Lipinski definition) is 6. The fourth-order valence-electron chi connectivity index (χ4n) is 2.07. The molecule has 2 aromatic heterocycles. The fraction of sp³-hybridized carbons (Fsp3) is 0.333. The standard InChI is InChI=1S/C12H13ClN4O3S/c1-6-8(3-4-14)7(2)16(15-6)12(18)10-5-9(17(19)20)11(13)21-10/h5H,3-4,14H2,1-2H3. The molecule has 9 heteroatoms. The van der Waals surface area contributed by atoms with E-state index in [0.717, 1.165) is 22.6 Å². The lowest BCUT2D eigenvalue weighted by Crippen LogP contribution is -2.14. The fourth-order valence-corrected chi connectivity index (χ4v) is 3.22. The van der Waals surface area contributed by atoms with Crippen LogP contribution >= 0.6 is 22.9 Å². The summed E-state index contributed by atoms with van der Waals surface area (Å²) in [5, 5.41) is 15.0. The monoisotopic (exact) mass is 328 g/mol. The molecule has 0 saturated carbocycles. The predicted octanol–water partition coefficient (Wildman–Crippen LogP) is 2.31. The van der Waals surface area contributed by atoms with Crippen LogP contribution in [0.15, 0.2) is 6.07 Å². The molecule has 7 nitrogen and oxygen atoms in total. The number of carbonyl (C=O) groups is 1. The van der Waals surface area contributed by atoms with Gasteiger partial charge >= 0.3 is 0 Å². The average Bonchev–Trinajstić information content (AvgIpc) is 2.93. The number of aromatic nitrogens is 2. The molecule has 0 bridgehead atoms. The normalized spacial score (nSPS) is 10.9. The molecule has 0 spiro atoms. The van der Waals surface area contributed by atoms with Crippen LogP contribution in [0.1, 0.15) is 26.6 Å². The van der Waals surface area contributed by atoms with Crippen LogP contribution in [0.5, 0.6) is 0 Å². The molecule has 0 aliphatic carbocycles. The summed E-state index contributed by atoms with van der Waals surface area (Å²) in [6.07, 6.45) is 0.621. The molecule has 2 N–H and O–H groups in total. The van der Waals surface area contributed by atoms with Crippen molar-refractivity contribution in [3.63, 3.8) is 0 Å². The number of halogens is 1. The van der Waals surface area contributed by atoms with Gasteiger partial charge in [0.25, 0.3) is 11.6 Å². The number of hydrogen-bond donors (Lipinski definition) is 1. The molecule has 0 atom stereocenters. The Balaban J connectivity index is 2.43. The van der Waals surface area contributed by atoms with Gasteiger partial charge in [-0.2, -0.15) is 9.78 Å². The van der Waals surface area contributed by atoms with Crippen molar-refractivity contribution >= 4 is 34.5 Å². The Morgan fingerprint density at radius 1 is 1.57 bits per heavy atom. The first kappa shape index (κ1) is 15.6. The summed E-state index contributed by atoms with van der Waals surface area (Å²) in [5.74, 6) is -0.432. The molecule has 0 fully saturated rings. The number of thiophene rings is 1. The molecule has 2 aromatic rings. The van der Waals surface area contributed by atoms with Gasteiger partial charge in [-0.3, -0.25) is 14.9 Å². The van der Waals surface area contributed by atoms with Gasteiger partial charge in [0.15, 0.2) is 4.34 Å². The van der Waals surface area contributed by atoms with Crippen molar-refractivity contribution in [1.82, 2.24) is 9.78 Å². The molecule has 0 amide bonds. The maximum atomic E-state index is 12.4. The number of aryl methyl sites for hydroxylation is 1. The molecule has 2 rings (SSSR count). The number of rotatable bonds is 4. The zero-order valence-electron chi connectivity index (χ0n) is 11.4. The molecule has 0 radical (unpaired) electrons. The second-order valence-corrected chi connectivity index (χ2v) is 6.09. The van der Waals surface area contributed by atoms with Crippen LogP contribution in [0.25, 0.3) is 0 Å². The van der Waals surface area contributed by atoms with Crippen molar-refractivity contribution in [3.8, 4) is 0 Å². The molecule has 0 saturated heterocycles. The van der Waals surface area contributed by atoms with E-state index in [1.54, 1.807) is 13.8 Å². The molecule has 0 aliphatic rings. The highest BCUT2D eigenvalue weighted by Gasteiger charge is 2.24. The Morgan fingerprint density at radius 3 is 2.76 bits per heavy atom. The average molecular weight is 329 g/mol. The molecular weight excluding hydrogens is 316 g/mol. The van der Waals surface area contributed by atoms with Crippen LogP contribution < -0.4 is 5.73 Å². The molecule has 112 valence electrons. The highest BCUT2D eigenvalue weighted by atomic mass is 35.5. The molecule has 0 aliphatic heterocycles. The minimum atomic E-state index is -0.614. The van der Waals surface area contributed by atoms with Crippen LogP contribution in [0.2, 0.25) is 4.34 Å². The number of carbonyl (C=O) groups excluding carboxylic acids is 1. The van der Waals surface area contributed by atoms with E-state index >= 15 is 0 Å². The summed E-state index contributed by atoms with van der Waals surface area (Å²) in [6.45, 7) is 4.02. The van der Waals surface area contributed by atoms with E-state index in [4.69, 9.17) is 17.3 Å².